The molecule has 2 saturated heterocycles. The van der Waals surface area contributed by atoms with E-state index in [2.05, 4.69) is 15.5 Å². The fraction of sp³-hybridized carbons (Fsp3) is 0.476. The van der Waals surface area contributed by atoms with Crippen LogP contribution >= 0.6 is 0 Å². The highest BCUT2D eigenvalue weighted by Gasteiger charge is 2.46. The zero-order chi connectivity index (χ0) is 18.8. The number of Topliss-reactive ketones (excluding diaryl/α,β-unsaturated/α-hetero) is 1. The topological polar surface area (TPSA) is 78.5 Å². The Morgan fingerprint density at radius 3 is 2.44 bits per heavy atom. The number of ketones is 1. The van der Waals surface area contributed by atoms with Gasteiger partial charge in [0, 0.05) is 36.4 Å². The minimum absolute atomic E-state index is 0.178. The average molecular weight is 367 g/mol. The number of benzene rings is 1. The second kappa shape index (κ2) is 7.55. The second-order valence-electron chi connectivity index (χ2n) is 7.58. The molecule has 2 heterocycles. The van der Waals surface area contributed by atoms with Crippen LogP contribution in [0.4, 0.5) is 11.4 Å². The lowest BCUT2D eigenvalue weighted by atomic mass is 9.77. The van der Waals surface area contributed by atoms with Crippen molar-refractivity contribution in [3.05, 3.63) is 36.4 Å². The van der Waals surface area contributed by atoms with Crippen LogP contribution in [0.3, 0.4) is 0 Å². The number of rotatable bonds is 3. The van der Waals surface area contributed by atoms with Crippen molar-refractivity contribution in [1.29, 1.82) is 0 Å². The van der Waals surface area contributed by atoms with Gasteiger partial charge < -0.3 is 15.5 Å². The molecule has 3 unspecified atom stereocenters. The summed E-state index contributed by atoms with van der Waals surface area (Å²) in [6.07, 6.45) is 8.83. The summed E-state index contributed by atoms with van der Waals surface area (Å²) in [6, 6.07) is 7.44. The summed E-state index contributed by atoms with van der Waals surface area (Å²) in [4.78, 5) is 40.0. The Bertz CT molecular complexity index is 765. The number of hydrogen-bond acceptors (Lipinski definition) is 4. The molecule has 2 amide bonds. The number of nitrogens with zero attached hydrogens (tertiary/aromatic N) is 1. The molecule has 1 aromatic rings. The van der Waals surface area contributed by atoms with E-state index in [-0.39, 0.29) is 17.7 Å². The molecule has 0 radical (unpaired) electrons. The Morgan fingerprint density at radius 2 is 1.70 bits per heavy atom. The molecular weight excluding hydrogens is 342 g/mol. The standard InChI is InChI=1S/C21H25N3O3/c25-19-16-6-2-3-7-17(16)23-21(27)18(19)20(26)22-14-8-10-15(11-9-14)24-12-4-1-5-13-24/h2-3,8-11,16-18H,1,4-7,12-13H2,(H,22,26)(H,23,27). The minimum atomic E-state index is -1.26. The Morgan fingerprint density at radius 1 is 1.00 bits per heavy atom. The average Bonchev–Trinajstić information content (AvgIpc) is 2.69. The van der Waals surface area contributed by atoms with Crippen molar-refractivity contribution in [2.75, 3.05) is 23.3 Å². The van der Waals surface area contributed by atoms with E-state index in [0.29, 0.717) is 18.5 Å². The first kappa shape index (κ1) is 17.8. The van der Waals surface area contributed by atoms with Crippen LogP contribution in [0.25, 0.3) is 0 Å². The van der Waals surface area contributed by atoms with E-state index in [4.69, 9.17) is 0 Å². The van der Waals surface area contributed by atoms with Crippen molar-refractivity contribution in [2.45, 2.75) is 38.1 Å². The maximum absolute atomic E-state index is 12.7. The lowest BCUT2D eigenvalue weighted by Crippen LogP contribution is -2.58. The van der Waals surface area contributed by atoms with Gasteiger partial charge in [-0.05, 0) is 56.4 Å². The van der Waals surface area contributed by atoms with Gasteiger partial charge in [-0.1, -0.05) is 12.2 Å². The van der Waals surface area contributed by atoms with Gasteiger partial charge in [-0.3, -0.25) is 14.4 Å². The Hall–Kier alpha value is -2.63. The zero-order valence-electron chi connectivity index (χ0n) is 15.3. The third-order valence-electron chi connectivity index (χ3n) is 5.79. The third-order valence-corrected chi connectivity index (χ3v) is 5.79. The lowest BCUT2D eigenvalue weighted by Gasteiger charge is -2.35. The molecule has 0 saturated carbocycles. The fourth-order valence-electron chi connectivity index (χ4n) is 4.27. The van der Waals surface area contributed by atoms with Crippen LogP contribution in [-0.2, 0) is 14.4 Å². The van der Waals surface area contributed by atoms with Gasteiger partial charge in [0.25, 0.3) is 0 Å². The predicted molar refractivity (Wildman–Crippen MR) is 103 cm³/mol. The number of fused-ring (bicyclic) bond motifs is 1. The summed E-state index contributed by atoms with van der Waals surface area (Å²) in [5, 5.41) is 5.58. The summed E-state index contributed by atoms with van der Waals surface area (Å²) < 4.78 is 0. The van der Waals surface area contributed by atoms with Crippen molar-refractivity contribution in [3.63, 3.8) is 0 Å². The van der Waals surface area contributed by atoms with Gasteiger partial charge in [-0.25, -0.2) is 0 Å². The summed E-state index contributed by atoms with van der Waals surface area (Å²) in [5.74, 6) is -2.87. The molecule has 6 nitrogen and oxygen atoms in total. The number of nitrogens with one attached hydrogen (secondary N) is 2. The highest BCUT2D eigenvalue weighted by Crippen LogP contribution is 2.28. The van der Waals surface area contributed by atoms with Crippen molar-refractivity contribution < 1.29 is 14.4 Å². The summed E-state index contributed by atoms with van der Waals surface area (Å²) >= 11 is 0. The van der Waals surface area contributed by atoms with E-state index >= 15 is 0 Å². The molecule has 0 spiro atoms. The van der Waals surface area contributed by atoms with Crippen LogP contribution in [-0.4, -0.2) is 36.7 Å². The summed E-state index contributed by atoms with van der Waals surface area (Å²) in [5.41, 5.74) is 1.74. The van der Waals surface area contributed by atoms with E-state index in [1.807, 2.05) is 36.4 Å². The monoisotopic (exact) mass is 367 g/mol. The van der Waals surface area contributed by atoms with Crippen molar-refractivity contribution in [1.82, 2.24) is 5.32 Å². The molecule has 4 rings (SSSR count). The van der Waals surface area contributed by atoms with Crippen LogP contribution in [0.15, 0.2) is 36.4 Å². The Labute approximate surface area is 159 Å². The summed E-state index contributed by atoms with van der Waals surface area (Å²) in [6.45, 7) is 2.11. The molecule has 1 aromatic carbocycles. The van der Waals surface area contributed by atoms with Crippen LogP contribution in [0.2, 0.25) is 0 Å². The van der Waals surface area contributed by atoms with Gasteiger partial charge in [0.05, 0.1) is 0 Å². The maximum atomic E-state index is 12.7. The number of hydrogen-bond donors (Lipinski definition) is 2. The van der Waals surface area contributed by atoms with Gasteiger partial charge in [-0.2, -0.15) is 0 Å². The molecule has 2 aliphatic heterocycles. The normalized spacial score (nSPS) is 27.7. The van der Waals surface area contributed by atoms with Crippen LogP contribution < -0.4 is 15.5 Å². The van der Waals surface area contributed by atoms with Crippen LogP contribution in [0.5, 0.6) is 0 Å². The zero-order valence-corrected chi connectivity index (χ0v) is 15.3. The van der Waals surface area contributed by atoms with E-state index in [9.17, 15) is 14.4 Å². The van der Waals surface area contributed by atoms with E-state index < -0.39 is 17.7 Å². The molecule has 0 aromatic heterocycles. The highest BCUT2D eigenvalue weighted by atomic mass is 16.2. The second-order valence-corrected chi connectivity index (χ2v) is 7.58. The number of allylic oxidation sites excluding steroid dienone is 1. The molecule has 1 aliphatic carbocycles. The highest BCUT2D eigenvalue weighted by molar-refractivity contribution is 6.23. The SMILES string of the molecule is O=C(Nc1ccc(N2CCCCC2)cc1)C1C(=O)NC2CC=CCC2C1=O. The van der Waals surface area contributed by atoms with Gasteiger partial charge >= 0.3 is 0 Å². The molecule has 2 fully saturated rings. The van der Waals surface area contributed by atoms with Crippen molar-refractivity contribution in [3.8, 4) is 0 Å². The number of carbonyl (C=O) groups excluding carboxylic acids is 3. The molecule has 6 heteroatoms. The quantitative estimate of drug-likeness (QED) is 0.635. The largest absolute Gasteiger partial charge is 0.372 e. The number of anilines is 2. The molecule has 3 aliphatic rings. The number of piperidine rings is 2. The Kier molecular flexibility index (Phi) is 4.97. The third kappa shape index (κ3) is 3.61. The van der Waals surface area contributed by atoms with Gasteiger partial charge in [0.2, 0.25) is 11.8 Å². The molecular formula is C21H25N3O3. The van der Waals surface area contributed by atoms with Gasteiger partial charge in [0.1, 0.15) is 0 Å². The first-order valence-corrected chi connectivity index (χ1v) is 9.78. The van der Waals surface area contributed by atoms with Gasteiger partial charge in [0.15, 0.2) is 11.7 Å². The van der Waals surface area contributed by atoms with E-state index in [0.717, 1.165) is 18.8 Å². The first-order chi connectivity index (χ1) is 13.1. The van der Waals surface area contributed by atoms with Crippen LogP contribution in [0.1, 0.15) is 32.1 Å². The molecule has 142 valence electrons. The lowest BCUT2D eigenvalue weighted by molar-refractivity contribution is -0.146. The first-order valence-electron chi connectivity index (χ1n) is 9.78. The smallest absolute Gasteiger partial charge is 0.244 e. The van der Waals surface area contributed by atoms with E-state index in [1.54, 1.807) is 0 Å². The number of amides is 2. The molecule has 0 bridgehead atoms. The van der Waals surface area contributed by atoms with E-state index in [1.165, 1.54) is 19.3 Å². The molecule has 2 N–H and O–H groups in total. The van der Waals surface area contributed by atoms with Crippen LogP contribution in [0, 0.1) is 11.8 Å². The number of carbonyl (C=O) groups is 3. The predicted octanol–water partition coefficient (Wildman–Crippen LogP) is 2.27. The van der Waals surface area contributed by atoms with Gasteiger partial charge in [-0.15, -0.1) is 0 Å². The molecule has 27 heavy (non-hydrogen) atoms. The fourth-order valence-corrected chi connectivity index (χ4v) is 4.27. The molecule has 3 atom stereocenters. The minimum Gasteiger partial charge on any atom is -0.372 e. The van der Waals surface area contributed by atoms with Crippen molar-refractivity contribution >= 4 is 29.0 Å². The maximum Gasteiger partial charge on any atom is 0.244 e. The Balaban J connectivity index is 1.43. The summed E-state index contributed by atoms with van der Waals surface area (Å²) in [7, 11) is 0. The van der Waals surface area contributed by atoms with Crippen molar-refractivity contribution in [2.24, 2.45) is 11.8 Å².